The van der Waals surface area contributed by atoms with E-state index in [9.17, 15) is 4.79 Å². The van der Waals surface area contributed by atoms with Crippen molar-refractivity contribution in [2.24, 2.45) is 0 Å². The molecule has 230 valence electrons. The van der Waals surface area contributed by atoms with Crippen molar-refractivity contribution in [2.45, 2.75) is 38.1 Å². The molecule has 4 aromatic rings. The van der Waals surface area contributed by atoms with E-state index in [1.165, 1.54) is 4.90 Å². The van der Waals surface area contributed by atoms with Gasteiger partial charge in [0, 0.05) is 41.8 Å². The Morgan fingerprint density at radius 2 is 1.63 bits per heavy atom. The molecule has 2 atom stereocenters. The lowest BCUT2D eigenvalue weighted by Crippen LogP contribution is -3.11. The fourth-order valence-electron chi connectivity index (χ4n) is 5.82. The smallest absolute Gasteiger partial charge is 0.274 e. The summed E-state index contributed by atoms with van der Waals surface area (Å²) in [7, 11) is 4.78. The number of hydrogen-bond donors (Lipinski definition) is 1. The van der Waals surface area contributed by atoms with Gasteiger partial charge in [0.2, 0.25) is 5.75 Å². The van der Waals surface area contributed by atoms with E-state index in [0.717, 1.165) is 67.3 Å². The number of halogens is 2. The van der Waals surface area contributed by atoms with Crippen molar-refractivity contribution in [3.05, 3.63) is 87.3 Å². The van der Waals surface area contributed by atoms with E-state index in [1.807, 2.05) is 60.7 Å². The van der Waals surface area contributed by atoms with Crippen LogP contribution in [0.25, 0.3) is 10.8 Å². The monoisotopic (exact) mass is 627 g/mol. The molecule has 1 fully saturated rings. The van der Waals surface area contributed by atoms with Gasteiger partial charge in [-0.3, -0.25) is 4.79 Å². The minimum atomic E-state index is -0.00217. The van der Waals surface area contributed by atoms with E-state index in [4.69, 9.17) is 35.6 Å². The van der Waals surface area contributed by atoms with Crippen molar-refractivity contribution in [1.82, 2.24) is 9.78 Å². The van der Waals surface area contributed by atoms with Crippen molar-refractivity contribution >= 4 is 22.4 Å². The molecule has 3 aromatic carbocycles. The Kier molecular flexibility index (Phi) is 11.6. The third kappa shape index (κ3) is 7.74. The van der Waals surface area contributed by atoms with Crippen LogP contribution >= 0.6 is 11.6 Å². The highest BCUT2D eigenvalue weighted by Crippen LogP contribution is 2.40. The molecule has 1 aliphatic heterocycles. The first-order chi connectivity index (χ1) is 20.5. The Hall–Kier alpha value is -3.46. The summed E-state index contributed by atoms with van der Waals surface area (Å²) in [5, 5.41) is 7.33. The highest BCUT2D eigenvalue weighted by Gasteiger charge is 2.24. The molecule has 1 aromatic heterocycles. The van der Waals surface area contributed by atoms with E-state index in [2.05, 4.69) is 0 Å². The van der Waals surface area contributed by atoms with Gasteiger partial charge < -0.3 is 36.3 Å². The third-order valence-corrected chi connectivity index (χ3v) is 8.27. The molecule has 1 aliphatic rings. The van der Waals surface area contributed by atoms with Gasteiger partial charge in [-0.15, -0.1) is 0 Å². The maximum Gasteiger partial charge on any atom is 0.274 e. The van der Waals surface area contributed by atoms with Gasteiger partial charge in [0.15, 0.2) is 11.5 Å². The Labute approximate surface area is 263 Å². The van der Waals surface area contributed by atoms with Crippen LogP contribution in [0.15, 0.2) is 65.5 Å². The first-order valence-electron chi connectivity index (χ1n) is 14.5. The van der Waals surface area contributed by atoms with Crippen LogP contribution in [0.3, 0.4) is 0 Å². The topological polar surface area (TPSA) is 76.2 Å². The van der Waals surface area contributed by atoms with E-state index in [-0.39, 0.29) is 24.0 Å². The molecule has 2 heterocycles. The number of ether oxygens (including phenoxy) is 4. The predicted molar refractivity (Wildman–Crippen MR) is 165 cm³/mol. The molecule has 10 heteroatoms. The number of fused-ring (bicyclic) bond motifs is 1. The third-order valence-electron chi connectivity index (χ3n) is 8.02. The minimum Gasteiger partial charge on any atom is -1.00 e. The maximum atomic E-state index is 13.6. The Bertz CT molecular complexity index is 1540. The lowest BCUT2D eigenvalue weighted by atomic mass is 10.0. The highest BCUT2D eigenvalue weighted by atomic mass is 35.5. The molecule has 0 spiro atoms. The molecule has 0 radical (unpaired) electrons. The lowest BCUT2D eigenvalue weighted by molar-refractivity contribution is -0.899. The van der Waals surface area contributed by atoms with Crippen LogP contribution in [-0.2, 0) is 6.42 Å². The Morgan fingerprint density at radius 3 is 2.30 bits per heavy atom. The van der Waals surface area contributed by atoms with Gasteiger partial charge in [-0.2, -0.15) is 5.10 Å². The van der Waals surface area contributed by atoms with E-state index >= 15 is 0 Å². The second-order valence-electron chi connectivity index (χ2n) is 10.7. The number of aromatic nitrogens is 2. The summed E-state index contributed by atoms with van der Waals surface area (Å²) in [4.78, 5) is 15.1. The predicted octanol–water partition coefficient (Wildman–Crippen LogP) is 1.75. The Balaban J connectivity index is 0.00000423. The summed E-state index contributed by atoms with van der Waals surface area (Å²) in [6.07, 6.45) is 4.46. The lowest BCUT2D eigenvalue weighted by Gasteiger charge is -2.19. The number of benzene rings is 3. The molecule has 0 aliphatic carbocycles. The summed E-state index contributed by atoms with van der Waals surface area (Å²) >= 11 is 6.10. The number of nitrogens with zero attached hydrogens (tertiary/aromatic N) is 2. The minimum absolute atomic E-state index is 0. The standard InChI is InChI=1S/C33H38ClN3O5.ClH/c1-39-30-21-26(22-31(40-2)32(30)41-3)42-19-7-17-36-16-6-8-25(15-18-36)37-33(38)28-10-5-4-9-27(28)29(35-37)20-23-11-13-24(34)14-12-23;/h4-5,9-14,21-22,25H,6-8,15-20H2,1-3H3;1H. The van der Waals surface area contributed by atoms with Gasteiger partial charge in [-0.1, -0.05) is 41.9 Å². The number of methoxy groups -OCH3 is 3. The van der Waals surface area contributed by atoms with E-state index < -0.39 is 0 Å². The number of rotatable bonds is 11. The van der Waals surface area contributed by atoms with Crippen LogP contribution in [0.2, 0.25) is 5.02 Å². The number of quaternary nitrogens is 1. The summed E-state index contributed by atoms with van der Waals surface area (Å²) < 4.78 is 24.1. The number of nitrogens with one attached hydrogen (secondary N) is 1. The van der Waals surface area contributed by atoms with Gasteiger partial charge >= 0.3 is 0 Å². The molecule has 2 unspecified atom stereocenters. The van der Waals surface area contributed by atoms with E-state index in [0.29, 0.717) is 41.0 Å². The zero-order valence-corrected chi connectivity index (χ0v) is 26.4. The zero-order valence-electron chi connectivity index (χ0n) is 24.9. The molecule has 0 saturated carbocycles. The Morgan fingerprint density at radius 1 is 0.930 bits per heavy atom. The van der Waals surface area contributed by atoms with Crippen LogP contribution in [0.5, 0.6) is 23.0 Å². The number of hydrogen-bond acceptors (Lipinski definition) is 6. The maximum absolute atomic E-state index is 13.6. The van der Waals surface area contributed by atoms with Gasteiger partial charge in [0.25, 0.3) is 5.56 Å². The average molecular weight is 629 g/mol. The second-order valence-corrected chi connectivity index (χ2v) is 11.1. The average Bonchev–Trinajstić information content (AvgIpc) is 3.26. The summed E-state index contributed by atoms with van der Waals surface area (Å²) in [5.74, 6) is 2.38. The number of likely N-dealkylation sites (tertiary alicyclic amines) is 1. The SMILES string of the molecule is COc1cc(OCCC[NH+]2CCCC(n3nc(Cc4ccc(Cl)cc4)c4ccccc4c3=O)CC2)cc(OC)c1OC.[Cl-]. The quantitative estimate of drug-likeness (QED) is 0.255. The van der Waals surface area contributed by atoms with Crippen molar-refractivity contribution < 1.29 is 36.3 Å². The van der Waals surface area contributed by atoms with Gasteiger partial charge in [0.05, 0.1) is 64.7 Å². The molecule has 5 rings (SSSR count). The van der Waals surface area contributed by atoms with Gasteiger partial charge in [0.1, 0.15) is 5.75 Å². The van der Waals surface area contributed by atoms with Gasteiger partial charge in [-0.25, -0.2) is 4.68 Å². The molecule has 8 nitrogen and oxygen atoms in total. The van der Waals surface area contributed by atoms with Crippen molar-refractivity contribution in [3.63, 3.8) is 0 Å². The molecule has 0 bridgehead atoms. The fourth-order valence-corrected chi connectivity index (χ4v) is 5.95. The normalized spacial score (nSPS) is 16.7. The summed E-state index contributed by atoms with van der Waals surface area (Å²) in [6.45, 7) is 3.65. The van der Waals surface area contributed by atoms with Crippen LogP contribution in [0.1, 0.15) is 43.0 Å². The summed E-state index contributed by atoms with van der Waals surface area (Å²) in [5.41, 5.74) is 2.04. The second kappa shape index (κ2) is 15.3. The molecule has 0 amide bonds. The molecule has 43 heavy (non-hydrogen) atoms. The molecule has 1 N–H and O–H groups in total. The van der Waals surface area contributed by atoms with Crippen LogP contribution in [0, 0.1) is 0 Å². The molecular formula is C33H39Cl2N3O5. The molecular weight excluding hydrogens is 589 g/mol. The van der Waals surface area contributed by atoms with E-state index in [1.54, 1.807) is 26.0 Å². The van der Waals surface area contributed by atoms with Crippen LogP contribution in [0.4, 0.5) is 0 Å². The van der Waals surface area contributed by atoms with Crippen molar-refractivity contribution in [2.75, 3.05) is 47.6 Å². The first kappa shape index (κ1) is 32.5. The first-order valence-corrected chi connectivity index (χ1v) is 14.9. The molecule has 1 saturated heterocycles. The van der Waals surface area contributed by atoms with Crippen molar-refractivity contribution in [1.29, 1.82) is 0 Å². The summed E-state index contributed by atoms with van der Waals surface area (Å²) in [6, 6.07) is 19.4. The largest absolute Gasteiger partial charge is 1.00 e. The highest BCUT2D eigenvalue weighted by molar-refractivity contribution is 6.30. The zero-order chi connectivity index (χ0) is 29.5. The van der Waals surface area contributed by atoms with Crippen molar-refractivity contribution in [3.8, 4) is 23.0 Å². The van der Waals surface area contributed by atoms with Crippen LogP contribution < -0.4 is 41.8 Å². The fraction of sp³-hybridized carbons (Fsp3) is 0.394. The van der Waals surface area contributed by atoms with Crippen LogP contribution in [-0.4, -0.2) is 57.4 Å². The van der Waals surface area contributed by atoms with Gasteiger partial charge in [-0.05, 0) is 36.6 Å².